The molecule has 0 saturated heterocycles. The van der Waals surface area contributed by atoms with E-state index in [1.54, 1.807) is 24.3 Å². The summed E-state index contributed by atoms with van der Waals surface area (Å²) in [7, 11) is 0. The summed E-state index contributed by atoms with van der Waals surface area (Å²) < 4.78 is 0.910. The van der Waals surface area contributed by atoms with Gasteiger partial charge in [0.15, 0.2) is 5.78 Å². The Bertz CT molecular complexity index is 654. The Morgan fingerprint density at radius 3 is 2.38 bits per heavy atom. The molecular formula is C16H15BrN2O2. The molecule has 0 aliphatic rings. The first-order valence-electron chi connectivity index (χ1n) is 6.45. The van der Waals surface area contributed by atoms with Gasteiger partial charge in [-0.15, -0.1) is 0 Å². The second-order valence-electron chi connectivity index (χ2n) is 4.55. The molecule has 0 fully saturated rings. The van der Waals surface area contributed by atoms with Crippen LogP contribution in [0.3, 0.4) is 0 Å². The van der Waals surface area contributed by atoms with Gasteiger partial charge in [-0.2, -0.15) is 0 Å². The number of anilines is 2. The predicted molar refractivity (Wildman–Crippen MR) is 87.7 cm³/mol. The van der Waals surface area contributed by atoms with Gasteiger partial charge in [0.05, 0.1) is 6.54 Å². The first kappa shape index (κ1) is 15.3. The zero-order valence-electron chi connectivity index (χ0n) is 11.5. The Morgan fingerprint density at radius 2 is 1.76 bits per heavy atom. The van der Waals surface area contributed by atoms with E-state index in [-0.39, 0.29) is 18.2 Å². The number of rotatable bonds is 5. The van der Waals surface area contributed by atoms with Crippen LogP contribution < -0.4 is 10.6 Å². The third kappa shape index (κ3) is 4.72. The minimum atomic E-state index is -0.135. The second-order valence-corrected chi connectivity index (χ2v) is 5.46. The summed E-state index contributed by atoms with van der Waals surface area (Å²) in [5.41, 5.74) is 2.19. The van der Waals surface area contributed by atoms with Crippen LogP contribution in [-0.4, -0.2) is 18.2 Å². The maximum atomic E-state index is 11.8. The van der Waals surface area contributed by atoms with Crippen LogP contribution in [0.1, 0.15) is 17.3 Å². The highest BCUT2D eigenvalue weighted by molar-refractivity contribution is 9.10. The highest BCUT2D eigenvalue weighted by atomic mass is 79.9. The Kier molecular flexibility index (Phi) is 5.11. The molecule has 0 atom stereocenters. The molecular weight excluding hydrogens is 332 g/mol. The quantitative estimate of drug-likeness (QED) is 0.811. The number of benzene rings is 2. The van der Waals surface area contributed by atoms with E-state index in [0.717, 1.165) is 15.8 Å². The van der Waals surface area contributed by atoms with Gasteiger partial charge in [-0.05, 0) is 49.4 Å². The van der Waals surface area contributed by atoms with Crippen molar-refractivity contribution in [1.29, 1.82) is 0 Å². The minimum absolute atomic E-state index is 0.0222. The number of nitrogens with one attached hydrogen (secondary N) is 2. The summed E-state index contributed by atoms with van der Waals surface area (Å²) in [6, 6.07) is 14.4. The molecule has 2 aromatic rings. The van der Waals surface area contributed by atoms with Gasteiger partial charge >= 0.3 is 0 Å². The molecule has 1 amide bonds. The van der Waals surface area contributed by atoms with Crippen molar-refractivity contribution >= 4 is 39.0 Å². The normalized spacial score (nSPS) is 10.0. The van der Waals surface area contributed by atoms with Gasteiger partial charge in [0, 0.05) is 21.4 Å². The molecule has 2 N–H and O–H groups in total. The van der Waals surface area contributed by atoms with Crippen LogP contribution in [0.2, 0.25) is 0 Å². The molecule has 0 saturated carbocycles. The molecule has 108 valence electrons. The Hall–Kier alpha value is -2.14. The van der Waals surface area contributed by atoms with Crippen molar-refractivity contribution in [2.24, 2.45) is 0 Å². The maximum Gasteiger partial charge on any atom is 0.243 e. The maximum absolute atomic E-state index is 11.8. The van der Waals surface area contributed by atoms with E-state index in [1.807, 2.05) is 24.3 Å². The highest BCUT2D eigenvalue weighted by Gasteiger charge is 2.03. The van der Waals surface area contributed by atoms with Crippen LogP contribution in [0.5, 0.6) is 0 Å². The summed E-state index contributed by atoms with van der Waals surface area (Å²) in [6.45, 7) is 1.68. The Labute approximate surface area is 131 Å². The molecule has 0 bridgehead atoms. The fourth-order valence-corrected chi connectivity index (χ4v) is 2.18. The average molecular weight is 347 g/mol. The van der Waals surface area contributed by atoms with Crippen LogP contribution >= 0.6 is 15.9 Å². The molecule has 5 heteroatoms. The van der Waals surface area contributed by atoms with Crippen molar-refractivity contribution in [3.8, 4) is 0 Å². The van der Waals surface area contributed by atoms with Crippen molar-refractivity contribution in [1.82, 2.24) is 0 Å². The molecule has 0 aromatic heterocycles. The van der Waals surface area contributed by atoms with Crippen molar-refractivity contribution in [3.63, 3.8) is 0 Å². The lowest BCUT2D eigenvalue weighted by molar-refractivity contribution is -0.114. The molecule has 0 spiro atoms. The molecule has 0 aliphatic heterocycles. The van der Waals surface area contributed by atoms with E-state index in [1.165, 1.54) is 6.92 Å². The van der Waals surface area contributed by atoms with Gasteiger partial charge < -0.3 is 10.6 Å². The molecule has 2 rings (SSSR count). The van der Waals surface area contributed by atoms with Gasteiger partial charge in [-0.1, -0.05) is 22.0 Å². The van der Waals surface area contributed by atoms with Crippen LogP contribution in [0.15, 0.2) is 53.0 Å². The number of ketones is 1. The molecule has 2 aromatic carbocycles. The van der Waals surface area contributed by atoms with E-state index < -0.39 is 0 Å². The van der Waals surface area contributed by atoms with Gasteiger partial charge in [-0.25, -0.2) is 0 Å². The first-order chi connectivity index (χ1) is 10.0. The summed E-state index contributed by atoms with van der Waals surface area (Å²) in [5.74, 6) is -0.113. The number of hydrogen-bond donors (Lipinski definition) is 2. The number of Topliss-reactive ketones (excluding diaryl/α,β-unsaturated/α-hetero) is 1. The van der Waals surface area contributed by atoms with Gasteiger partial charge in [0.1, 0.15) is 0 Å². The van der Waals surface area contributed by atoms with E-state index in [9.17, 15) is 9.59 Å². The highest BCUT2D eigenvalue weighted by Crippen LogP contribution is 2.15. The van der Waals surface area contributed by atoms with Gasteiger partial charge in [-0.3, -0.25) is 9.59 Å². The van der Waals surface area contributed by atoms with E-state index in [4.69, 9.17) is 0 Å². The average Bonchev–Trinajstić information content (AvgIpc) is 2.45. The van der Waals surface area contributed by atoms with Crippen LogP contribution in [0, 0.1) is 0 Å². The van der Waals surface area contributed by atoms with Crippen molar-refractivity contribution in [3.05, 3.63) is 58.6 Å². The fraction of sp³-hybridized carbons (Fsp3) is 0.125. The smallest absolute Gasteiger partial charge is 0.243 e. The van der Waals surface area contributed by atoms with Gasteiger partial charge in [0.25, 0.3) is 0 Å². The molecule has 0 aliphatic carbocycles. The number of carbonyl (C=O) groups is 2. The lowest BCUT2D eigenvalue weighted by Crippen LogP contribution is -2.21. The van der Waals surface area contributed by atoms with E-state index in [2.05, 4.69) is 26.6 Å². The third-order valence-corrected chi connectivity index (χ3v) is 3.35. The summed E-state index contributed by atoms with van der Waals surface area (Å²) >= 11 is 3.35. The number of amides is 1. The van der Waals surface area contributed by atoms with Crippen molar-refractivity contribution in [2.45, 2.75) is 6.92 Å². The fourth-order valence-electron chi connectivity index (χ4n) is 1.78. The lowest BCUT2D eigenvalue weighted by Gasteiger charge is -2.08. The summed E-state index contributed by atoms with van der Waals surface area (Å²) in [5, 5.41) is 5.81. The largest absolute Gasteiger partial charge is 0.376 e. The van der Waals surface area contributed by atoms with Gasteiger partial charge in [0.2, 0.25) is 5.91 Å². The first-order valence-corrected chi connectivity index (χ1v) is 7.24. The van der Waals surface area contributed by atoms with Crippen LogP contribution in [0.25, 0.3) is 0 Å². The number of halogens is 1. The standard InChI is InChI=1S/C16H15BrN2O2/c1-11(20)12-5-7-14(8-6-12)18-10-16(21)19-15-4-2-3-13(17)9-15/h2-9,18H,10H2,1H3,(H,19,21). The molecule has 0 radical (unpaired) electrons. The minimum Gasteiger partial charge on any atom is -0.376 e. The number of carbonyl (C=O) groups excluding carboxylic acids is 2. The lowest BCUT2D eigenvalue weighted by atomic mass is 10.1. The molecule has 4 nitrogen and oxygen atoms in total. The van der Waals surface area contributed by atoms with E-state index in [0.29, 0.717) is 5.56 Å². The monoisotopic (exact) mass is 346 g/mol. The Balaban J connectivity index is 1.87. The third-order valence-electron chi connectivity index (χ3n) is 2.85. The molecule has 0 unspecified atom stereocenters. The number of hydrogen-bond acceptors (Lipinski definition) is 3. The van der Waals surface area contributed by atoms with Crippen molar-refractivity contribution in [2.75, 3.05) is 17.2 Å². The molecule has 0 heterocycles. The zero-order chi connectivity index (χ0) is 15.2. The SMILES string of the molecule is CC(=O)c1ccc(NCC(=O)Nc2cccc(Br)c2)cc1. The topological polar surface area (TPSA) is 58.2 Å². The van der Waals surface area contributed by atoms with Crippen LogP contribution in [0.4, 0.5) is 11.4 Å². The Morgan fingerprint density at radius 1 is 1.05 bits per heavy atom. The summed E-state index contributed by atoms with van der Waals surface area (Å²) in [6.07, 6.45) is 0. The van der Waals surface area contributed by atoms with Crippen LogP contribution in [-0.2, 0) is 4.79 Å². The molecule has 21 heavy (non-hydrogen) atoms. The summed E-state index contributed by atoms with van der Waals surface area (Å²) in [4.78, 5) is 23.0. The van der Waals surface area contributed by atoms with Crippen molar-refractivity contribution < 1.29 is 9.59 Å². The van der Waals surface area contributed by atoms with E-state index >= 15 is 0 Å². The predicted octanol–water partition coefficient (Wildman–Crippen LogP) is 3.70. The second kappa shape index (κ2) is 7.04. The zero-order valence-corrected chi connectivity index (χ0v) is 13.1.